The number of ether oxygens (including phenoxy) is 1. The van der Waals surface area contributed by atoms with Crippen LogP contribution in [0.5, 0.6) is 0 Å². The summed E-state index contributed by atoms with van der Waals surface area (Å²) in [4.78, 5) is 28.5. The molecule has 2 N–H and O–H groups in total. The number of hydrogen-bond acceptors (Lipinski definition) is 4. The van der Waals surface area contributed by atoms with E-state index in [1.807, 2.05) is 16.7 Å². The van der Waals surface area contributed by atoms with Gasteiger partial charge in [0.1, 0.15) is 0 Å². The standard InChI is InChI=1S/C15H27N3O3/c1-2-13(19)17-6-3-7-18(9-8-17)14(20)15(12-16)4-10-21-11-5-15/h2-12,16H2,1H3. The summed E-state index contributed by atoms with van der Waals surface area (Å²) in [7, 11) is 0. The van der Waals surface area contributed by atoms with Crippen molar-refractivity contribution < 1.29 is 14.3 Å². The van der Waals surface area contributed by atoms with Crippen LogP contribution in [0.3, 0.4) is 0 Å². The SMILES string of the molecule is CCC(=O)N1CCCN(C(=O)C2(CN)CCOCC2)CC1. The van der Waals surface area contributed by atoms with E-state index in [-0.39, 0.29) is 11.8 Å². The van der Waals surface area contributed by atoms with Gasteiger partial charge in [0.05, 0.1) is 5.41 Å². The van der Waals surface area contributed by atoms with Gasteiger partial charge in [-0.15, -0.1) is 0 Å². The van der Waals surface area contributed by atoms with Crippen LogP contribution in [0.25, 0.3) is 0 Å². The average Bonchev–Trinajstić information content (AvgIpc) is 2.80. The first-order valence-corrected chi connectivity index (χ1v) is 7.98. The van der Waals surface area contributed by atoms with Crippen LogP contribution in [0.2, 0.25) is 0 Å². The molecule has 0 bridgehead atoms. The van der Waals surface area contributed by atoms with Crippen molar-refractivity contribution >= 4 is 11.8 Å². The predicted octanol–water partition coefficient (Wildman–Crippen LogP) is 0.213. The number of carbonyl (C=O) groups is 2. The quantitative estimate of drug-likeness (QED) is 0.808. The van der Waals surface area contributed by atoms with E-state index in [9.17, 15) is 9.59 Å². The van der Waals surface area contributed by atoms with Crippen molar-refractivity contribution in [2.24, 2.45) is 11.1 Å². The molecule has 6 nitrogen and oxygen atoms in total. The van der Waals surface area contributed by atoms with Gasteiger partial charge >= 0.3 is 0 Å². The van der Waals surface area contributed by atoms with Crippen LogP contribution in [0.4, 0.5) is 0 Å². The van der Waals surface area contributed by atoms with Crippen LogP contribution < -0.4 is 5.73 Å². The normalized spacial score (nSPS) is 22.8. The number of nitrogens with two attached hydrogens (primary N) is 1. The molecule has 0 aromatic rings. The molecule has 0 aromatic carbocycles. The Kier molecular flexibility index (Phi) is 5.58. The minimum atomic E-state index is -0.456. The van der Waals surface area contributed by atoms with Gasteiger partial charge < -0.3 is 20.3 Å². The fourth-order valence-electron chi connectivity index (χ4n) is 3.20. The summed E-state index contributed by atoms with van der Waals surface area (Å²) in [6, 6.07) is 0. The van der Waals surface area contributed by atoms with Crippen LogP contribution in [-0.4, -0.2) is 67.6 Å². The molecule has 2 heterocycles. The van der Waals surface area contributed by atoms with Crippen molar-refractivity contribution in [1.29, 1.82) is 0 Å². The summed E-state index contributed by atoms with van der Waals surface area (Å²) in [6.07, 6.45) is 2.78. The third-order valence-electron chi connectivity index (χ3n) is 4.73. The van der Waals surface area contributed by atoms with E-state index < -0.39 is 5.41 Å². The highest BCUT2D eigenvalue weighted by molar-refractivity contribution is 5.83. The van der Waals surface area contributed by atoms with Crippen molar-refractivity contribution in [3.05, 3.63) is 0 Å². The Morgan fingerprint density at radius 1 is 1.10 bits per heavy atom. The highest BCUT2D eigenvalue weighted by Gasteiger charge is 2.41. The van der Waals surface area contributed by atoms with Crippen LogP contribution in [0, 0.1) is 5.41 Å². The molecule has 2 saturated heterocycles. The molecule has 0 unspecified atom stereocenters. The second-order valence-corrected chi connectivity index (χ2v) is 5.98. The lowest BCUT2D eigenvalue weighted by Crippen LogP contribution is -2.51. The molecular weight excluding hydrogens is 270 g/mol. The Bertz CT molecular complexity index is 380. The minimum Gasteiger partial charge on any atom is -0.381 e. The van der Waals surface area contributed by atoms with E-state index in [0.717, 1.165) is 19.5 Å². The molecule has 6 heteroatoms. The molecule has 2 rings (SSSR count). The number of nitrogens with zero attached hydrogens (tertiary/aromatic N) is 2. The van der Waals surface area contributed by atoms with Gasteiger partial charge in [0.25, 0.3) is 0 Å². The monoisotopic (exact) mass is 297 g/mol. The van der Waals surface area contributed by atoms with Crippen LogP contribution in [-0.2, 0) is 14.3 Å². The average molecular weight is 297 g/mol. The number of carbonyl (C=O) groups excluding carboxylic acids is 2. The largest absolute Gasteiger partial charge is 0.381 e. The van der Waals surface area contributed by atoms with E-state index in [0.29, 0.717) is 52.1 Å². The molecule has 120 valence electrons. The Balaban J connectivity index is 2.00. The molecule has 0 atom stereocenters. The Morgan fingerprint density at radius 3 is 2.33 bits per heavy atom. The maximum atomic E-state index is 12.9. The predicted molar refractivity (Wildman–Crippen MR) is 79.6 cm³/mol. The molecule has 21 heavy (non-hydrogen) atoms. The van der Waals surface area contributed by atoms with E-state index in [1.54, 1.807) is 0 Å². The molecule has 0 radical (unpaired) electrons. The van der Waals surface area contributed by atoms with Crippen molar-refractivity contribution in [3.8, 4) is 0 Å². The lowest BCUT2D eigenvalue weighted by Gasteiger charge is -2.38. The molecule has 0 saturated carbocycles. The van der Waals surface area contributed by atoms with Gasteiger partial charge in [0.2, 0.25) is 11.8 Å². The van der Waals surface area contributed by atoms with Gasteiger partial charge in [0, 0.05) is 52.4 Å². The molecule has 2 aliphatic heterocycles. The summed E-state index contributed by atoms with van der Waals surface area (Å²) >= 11 is 0. The van der Waals surface area contributed by atoms with E-state index in [2.05, 4.69) is 0 Å². The smallest absolute Gasteiger partial charge is 0.230 e. The number of hydrogen-bond donors (Lipinski definition) is 1. The fraction of sp³-hybridized carbons (Fsp3) is 0.867. The zero-order valence-electron chi connectivity index (χ0n) is 13.0. The molecule has 0 aliphatic carbocycles. The summed E-state index contributed by atoms with van der Waals surface area (Å²) in [5.41, 5.74) is 5.46. The van der Waals surface area contributed by atoms with Crippen molar-refractivity contribution in [2.75, 3.05) is 45.9 Å². The lowest BCUT2D eigenvalue weighted by molar-refractivity contribution is -0.147. The zero-order chi connectivity index (χ0) is 15.3. The summed E-state index contributed by atoms with van der Waals surface area (Å²) in [5, 5.41) is 0. The maximum absolute atomic E-state index is 12.9. The third-order valence-corrected chi connectivity index (χ3v) is 4.73. The van der Waals surface area contributed by atoms with Crippen LogP contribution in [0.1, 0.15) is 32.6 Å². The van der Waals surface area contributed by atoms with Crippen molar-refractivity contribution in [1.82, 2.24) is 9.80 Å². The number of rotatable bonds is 3. The van der Waals surface area contributed by atoms with Crippen molar-refractivity contribution in [3.63, 3.8) is 0 Å². The van der Waals surface area contributed by atoms with Gasteiger partial charge in [-0.3, -0.25) is 9.59 Å². The second kappa shape index (κ2) is 7.22. The first-order chi connectivity index (χ1) is 10.1. The van der Waals surface area contributed by atoms with Gasteiger partial charge in [-0.1, -0.05) is 6.92 Å². The van der Waals surface area contributed by atoms with Crippen molar-refractivity contribution in [2.45, 2.75) is 32.6 Å². The summed E-state index contributed by atoms with van der Waals surface area (Å²) in [6.45, 7) is 6.19. The lowest BCUT2D eigenvalue weighted by atomic mass is 9.79. The van der Waals surface area contributed by atoms with Gasteiger partial charge in [-0.25, -0.2) is 0 Å². The Morgan fingerprint density at radius 2 is 1.71 bits per heavy atom. The van der Waals surface area contributed by atoms with Gasteiger partial charge in [-0.2, -0.15) is 0 Å². The summed E-state index contributed by atoms with van der Waals surface area (Å²) < 4.78 is 5.37. The molecule has 0 spiro atoms. The topological polar surface area (TPSA) is 75.9 Å². The van der Waals surface area contributed by atoms with E-state index in [1.165, 1.54) is 0 Å². The molecule has 0 aromatic heterocycles. The highest BCUT2D eigenvalue weighted by atomic mass is 16.5. The fourth-order valence-corrected chi connectivity index (χ4v) is 3.20. The summed E-state index contributed by atoms with van der Waals surface area (Å²) in [5.74, 6) is 0.322. The molecule has 2 fully saturated rings. The minimum absolute atomic E-state index is 0.152. The van der Waals surface area contributed by atoms with E-state index >= 15 is 0 Å². The zero-order valence-corrected chi connectivity index (χ0v) is 13.0. The Hall–Kier alpha value is -1.14. The first-order valence-electron chi connectivity index (χ1n) is 7.98. The molecule has 2 amide bonds. The second-order valence-electron chi connectivity index (χ2n) is 5.98. The number of amides is 2. The van der Waals surface area contributed by atoms with Crippen LogP contribution >= 0.6 is 0 Å². The highest BCUT2D eigenvalue weighted by Crippen LogP contribution is 2.32. The van der Waals surface area contributed by atoms with Crippen LogP contribution in [0.15, 0.2) is 0 Å². The van der Waals surface area contributed by atoms with Gasteiger partial charge in [-0.05, 0) is 19.3 Å². The van der Waals surface area contributed by atoms with E-state index in [4.69, 9.17) is 10.5 Å². The third kappa shape index (κ3) is 3.55. The maximum Gasteiger partial charge on any atom is 0.230 e. The first kappa shape index (κ1) is 16.2. The molecule has 2 aliphatic rings. The molecular formula is C15H27N3O3. The Labute approximate surface area is 126 Å². The van der Waals surface area contributed by atoms with Gasteiger partial charge in [0.15, 0.2) is 0 Å².